The minimum Gasteiger partial charge on any atom is -0.462 e. The Balaban J connectivity index is 1.53. The lowest BCUT2D eigenvalue weighted by atomic mass is 10.1. The third-order valence-corrected chi connectivity index (χ3v) is 3.99. The summed E-state index contributed by atoms with van der Waals surface area (Å²) in [5.74, 6) is 0.728. The Bertz CT molecular complexity index is 842. The van der Waals surface area contributed by atoms with E-state index in [0.29, 0.717) is 29.2 Å². The lowest BCUT2D eigenvalue weighted by molar-refractivity contribution is 0.0499. The Hall–Kier alpha value is -3.28. The van der Waals surface area contributed by atoms with Crippen LogP contribution in [0, 0.1) is 0 Å². The van der Waals surface area contributed by atoms with Crippen LogP contribution in [0.3, 0.4) is 0 Å². The zero-order chi connectivity index (χ0) is 19.1. The molecule has 3 rings (SSSR count). The molecular weight excluding hydrogens is 346 g/mol. The summed E-state index contributed by atoms with van der Waals surface area (Å²) in [5, 5.41) is 3.01. The molecule has 6 nitrogen and oxygen atoms in total. The SMILES string of the molecule is CCCCOC(=O)c1ccc(NC=CC(=O)c2ccc3c(c2)OCO3)cc1. The van der Waals surface area contributed by atoms with Crippen LogP contribution in [0.4, 0.5) is 5.69 Å². The standard InChI is InChI=1S/C21H21NO5/c1-2-3-12-25-21(24)15-4-7-17(8-5-15)22-11-10-18(23)16-6-9-19-20(13-16)27-14-26-19/h4-11,13,22H,2-3,12,14H2,1H3. The quantitative estimate of drug-likeness (QED) is 0.327. The maximum atomic E-state index is 12.2. The van der Waals surface area contributed by atoms with E-state index in [1.165, 1.54) is 6.08 Å². The Morgan fingerprint density at radius 3 is 2.59 bits per heavy atom. The van der Waals surface area contributed by atoms with Gasteiger partial charge >= 0.3 is 5.97 Å². The van der Waals surface area contributed by atoms with Gasteiger partial charge < -0.3 is 19.5 Å². The van der Waals surface area contributed by atoms with E-state index in [2.05, 4.69) is 5.32 Å². The molecule has 2 aromatic carbocycles. The number of hydrogen-bond donors (Lipinski definition) is 1. The Labute approximate surface area is 157 Å². The van der Waals surface area contributed by atoms with Gasteiger partial charge in [0.05, 0.1) is 12.2 Å². The average molecular weight is 367 g/mol. The van der Waals surface area contributed by atoms with Crippen LogP contribution in [0.15, 0.2) is 54.7 Å². The van der Waals surface area contributed by atoms with Gasteiger partial charge in [-0.2, -0.15) is 0 Å². The molecule has 1 heterocycles. The van der Waals surface area contributed by atoms with E-state index in [1.54, 1.807) is 48.7 Å². The first-order valence-electron chi connectivity index (χ1n) is 8.81. The predicted octanol–water partition coefficient (Wildman–Crippen LogP) is 4.18. The molecule has 0 amide bonds. The van der Waals surface area contributed by atoms with Crippen LogP contribution in [0.1, 0.15) is 40.5 Å². The molecule has 6 heteroatoms. The summed E-state index contributed by atoms with van der Waals surface area (Å²) in [5.41, 5.74) is 1.77. The summed E-state index contributed by atoms with van der Waals surface area (Å²) in [6.45, 7) is 2.64. The molecule has 0 saturated heterocycles. The molecular formula is C21H21NO5. The van der Waals surface area contributed by atoms with Gasteiger partial charge in [-0.25, -0.2) is 4.79 Å². The molecule has 0 saturated carbocycles. The molecule has 27 heavy (non-hydrogen) atoms. The molecule has 0 aliphatic carbocycles. The van der Waals surface area contributed by atoms with Crippen LogP contribution < -0.4 is 14.8 Å². The number of esters is 1. The Kier molecular flexibility index (Phi) is 6.10. The molecule has 1 aliphatic heterocycles. The molecule has 0 spiro atoms. The van der Waals surface area contributed by atoms with E-state index in [9.17, 15) is 9.59 Å². The number of hydrogen-bond acceptors (Lipinski definition) is 6. The molecule has 140 valence electrons. The summed E-state index contributed by atoms with van der Waals surface area (Å²) < 4.78 is 15.7. The van der Waals surface area contributed by atoms with Gasteiger partial charge in [0.25, 0.3) is 0 Å². The number of anilines is 1. The van der Waals surface area contributed by atoms with Crippen molar-refractivity contribution >= 4 is 17.4 Å². The summed E-state index contributed by atoms with van der Waals surface area (Å²) in [7, 11) is 0. The normalized spacial score (nSPS) is 12.2. The summed E-state index contributed by atoms with van der Waals surface area (Å²) in [6.07, 6.45) is 4.83. The maximum Gasteiger partial charge on any atom is 0.338 e. The highest BCUT2D eigenvalue weighted by Crippen LogP contribution is 2.32. The highest BCUT2D eigenvalue weighted by atomic mass is 16.7. The maximum absolute atomic E-state index is 12.2. The summed E-state index contributed by atoms with van der Waals surface area (Å²) in [4.78, 5) is 24.1. The van der Waals surface area contributed by atoms with E-state index >= 15 is 0 Å². The lowest BCUT2D eigenvalue weighted by Crippen LogP contribution is -2.06. The van der Waals surface area contributed by atoms with Crippen molar-refractivity contribution < 1.29 is 23.8 Å². The smallest absolute Gasteiger partial charge is 0.338 e. The Morgan fingerprint density at radius 1 is 1.07 bits per heavy atom. The van der Waals surface area contributed by atoms with Crippen molar-refractivity contribution in [2.24, 2.45) is 0 Å². The van der Waals surface area contributed by atoms with Crippen LogP contribution in [0.2, 0.25) is 0 Å². The van der Waals surface area contributed by atoms with Crippen molar-refractivity contribution in [1.29, 1.82) is 0 Å². The van der Waals surface area contributed by atoms with E-state index in [1.807, 2.05) is 6.92 Å². The third kappa shape index (κ3) is 4.88. The Morgan fingerprint density at radius 2 is 1.81 bits per heavy atom. The van der Waals surface area contributed by atoms with Crippen LogP contribution >= 0.6 is 0 Å². The van der Waals surface area contributed by atoms with Gasteiger partial charge in [-0.15, -0.1) is 0 Å². The molecule has 0 atom stereocenters. The fourth-order valence-corrected chi connectivity index (χ4v) is 2.45. The zero-order valence-electron chi connectivity index (χ0n) is 15.1. The summed E-state index contributed by atoms with van der Waals surface area (Å²) >= 11 is 0. The second kappa shape index (κ2) is 8.89. The number of fused-ring (bicyclic) bond motifs is 1. The lowest BCUT2D eigenvalue weighted by Gasteiger charge is -2.05. The van der Waals surface area contributed by atoms with Crippen molar-refractivity contribution in [2.45, 2.75) is 19.8 Å². The molecule has 1 N–H and O–H groups in total. The molecule has 0 fully saturated rings. The minimum atomic E-state index is -0.330. The zero-order valence-corrected chi connectivity index (χ0v) is 15.1. The number of allylic oxidation sites excluding steroid dienone is 1. The van der Waals surface area contributed by atoms with Crippen molar-refractivity contribution in [2.75, 3.05) is 18.7 Å². The predicted molar refractivity (Wildman–Crippen MR) is 101 cm³/mol. The number of ketones is 1. The van der Waals surface area contributed by atoms with E-state index in [4.69, 9.17) is 14.2 Å². The molecule has 0 unspecified atom stereocenters. The number of carbonyl (C=O) groups excluding carboxylic acids is 2. The second-order valence-corrected chi connectivity index (χ2v) is 5.98. The van der Waals surface area contributed by atoms with Crippen molar-refractivity contribution in [3.63, 3.8) is 0 Å². The van der Waals surface area contributed by atoms with E-state index in [-0.39, 0.29) is 18.5 Å². The van der Waals surface area contributed by atoms with Gasteiger partial charge in [0, 0.05) is 23.5 Å². The highest BCUT2D eigenvalue weighted by Gasteiger charge is 2.15. The fourth-order valence-electron chi connectivity index (χ4n) is 2.45. The number of carbonyl (C=O) groups is 2. The van der Waals surface area contributed by atoms with Crippen molar-refractivity contribution in [1.82, 2.24) is 0 Å². The monoisotopic (exact) mass is 367 g/mol. The van der Waals surface area contributed by atoms with Gasteiger partial charge in [-0.05, 0) is 48.9 Å². The highest BCUT2D eigenvalue weighted by molar-refractivity contribution is 6.05. The van der Waals surface area contributed by atoms with Crippen LogP contribution in [-0.2, 0) is 4.74 Å². The number of rotatable bonds is 8. The van der Waals surface area contributed by atoms with E-state index in [0.717, 1.165) is 18.5 Å². The van der Waals surface area contributed by atoms with Gasteiger partial charge in [0.2, 0.25) is 6.79 Å². The van der Waals surface area contributed by atoms with Gasteiger partial charge in [0.1, 0.15) is 0 Å². The average Bonchev–Trinajstić information content (AvgIpc) is 3.16. The molecule has 0 bridgehead atoms. The van der Waals surface area contributed by atoms with Gasteiger partial charge in [-0.3, -0.25) is 4.79 Å². The van der Waals surface area contributed by atoms with Gasteiger partial charge in [-0.1, -0.05) is 13.3 Å². The summed E-state index contributed by atoms with van der Waals surface area (Å²) in [6, 6.07) is 12.0. The first kappa shape index (κ1) is 18.5. The van der Waals surface area contributed by atoms with Crippen LogP contribution in [0.5, 0.6) is 11.5 Å². The minimum absolute atomic E-state index is 0.156. The molecule has 1 aliphatic rings. The van der Waals surface area contributed by atoms with Crippen molar-refractivity contribution in [3.05, 3.63) is 65.9 Å². The number of unbranched alkanes of at least 4 members (excludes halogenated alkanes) is 1. The number of ether oxygens (including phenoxy) is 3. The number of nitrogens with one attached hydrogen (secondary N) is 1. The first-order valence-corrected chi connectivity index (χ1v) is 8.81. The molecule has 2 aromatic rings. The second-order valence-electron chi connectivity index (χ2n) is 5.98. The largest absolute Gasteiger partial charge is 0.462 e. The molecule has 0 radical (unpaired) electrons. The van der Waals surface area contributed by atoms with Crippen LogP contribution in [0.25, 0.3) is 0 Å². The van der Waals surface area contributed by atoms with Crippen molar-refractivity contribution in [3.8, 4) is 11.5 Å². The number of benzene rings is 2. The van der Waals surface area contributed by atoms with E-state index < -0.39 is 0 Å². The fraction of sp³-hybridized carbons (Fsp3) is 0.238. The topological polar surface area (TPSA) is 73.9 Å². The van der Waals surface area contributed by atoms with Crippen LogP contribution in [-0.4, -0.2) is 25.2 Å². The third-order valence-electron chi connectivity index (χ3n) is 3.99. The molecule has 0 aromatic heterocycles. The first-order chi connectivity index (χ1) is 13.2. The van der Waals surface area contributed by atoms with Gasteiger partial charge in [0.15, 0.2) is 17.3 Å².